The molecule has 0 unspecified atom stereocenters. The fourth-order valence-electron chi connectivity index (χ4n) is 1.81. The first-order chi connectivity index (χ1) is 9.95. The lowest BCUT2D eigenvalue weighted by atomic mass is 9.97. The number of nitrogens with one attached hydrogen (secondary N) is 1. The highest BCUT2D eigenvalue weighted by atomic mass is 16.5. The van der Waals surface area contributed by atoms with Gasteiger partial charge in [0.1, 0.15) is 11.7 Å². The molecule has 0 aliphatic rings. The third kappa shape index (κ3) is 5.21. The second-order valence-corrected chi connectivity index (χ2v) is 4.55. The highest BCUT2D eigenvalue weighted by Crippen LogP contribution is 2.10. The van der Waals surface area contributed by atoms with Gasteiger partial charge in [-0.15, -0.1) is 0 Å². The van der Waals surface area contributed by atoms with Gasteiger partial charge < -0.3 is 15.8 Å². The molecule has 0 aliphatic heterocycles. The predicted octanol–water partition coefficient (Wildman–Crippen LogP) is 0.255. The van der Waals surface area contributed by atoms with Crippen LogP contribution in [0.15, 0.2) is 24.4 Å². The van der Waals surface area contributed by atoms with E-state index in [0.717, 1.165) is 0 Å². The molecule has 1 rings (SSSR count). The largest absolute Gasteiger partial charge is 0.466 e. The molecule has 21 heavy (non-hydrogen) atoms. The van der Waals surface area contributed by atoms with Crippen molar-refractivity contribution < 1.29 is 19.1 Å². The van der Waals surface area contributed by atoms with Crippen molar-refractivity contribution in [2.24, 2.45) is 11.7 Å². The summed E-state index contributed by atoms with van der Waals surface area (Å²) in [4.78, 5) is 38.8. The monoisotopic (exact) mass is 293 g/mol. The topological polar surface area (TPSA) is 111 Å². The van der Waals surface area contributed by atoms with E-state index < -0.39 is 29.7 Å². The number of aromatic nitrogens is 1. The second-order valence-electron chi connectivity index (χ2n) is 4.55. The molecule has 0 radical (unpaired) electrons. The highest BCUT2D eigenvalue weighted by molar-refractivity contribution is 5.96. The quantitative estimate of drug-likeness (QED) is 0.700. The molecule has 1 heterocycles. The standard InChI is InChI=1S/C14H19N3O4/c1-3-21-11(18)8-9(2)12(13(15)19)17-14(20)10-6-4-5-7-16-10/h4-7,9,12H,3,8H2,1-2H3,(H2,15,19)(H,17,20)/t9-,12+/m0/s1. The first-order valence-corrected chi connectivity index (χ1v) is 6.62. The first-order valence-electron chi connectivity index (χ1n) is 6.62. The van der Waals surface area contributed by atoms with Crippen LogP contribution in [-0.2, 0) is 14.3 Å². The molecule has 0 saturated carbocycles. The van der Waals surface area contributed by atoms with Crippen LogP contribution in [0.5, 0.6) is 0 Å². The van der Waals surface area contributed by atoms with Crippen LogP contribution in [0.3, 0.4) is 0 Å². The van der Waals surface area contributed by atoms with Crippen molar-refractivity contribution in [2.75, 3.05) is 6.61 Å². The molecule has 0 saturated heterocycles. The number of nitrogens with two attached hydrogens (primary N) is 1. The summed E-state index contributed by atoms with van der Waals surface area (Å²) in [7, 11) is 0. The average molecular weight is 293 g/mol. The molecule has 7 heteroatoms. The molecular formula is C14H19N3O4. The molecule has 3 N–H and O–H groups in total. The van der Waals surface area contributed by atoms with Gasteiger partial charge in [0.05, 0.1) is 13.0 Å². The van der Waals surface area contributed by atoms with Gasteiger partial charge in [-0.1, -0.05) is 13.0 Å². The van der Waals surface area contributed by atoms with Crippen molar-refractivity contribution in [3.63, 3.8) is 0 Å². The van der Waals surface area contributed by atoms with Crippen molar-refractivity contribution in [3.05, 3.63) is 30.1 Å². The summed E-state index contributed by atoms with van der Waals surface area (Å²) in [5, 5.41) is 2.50. The second kappa shape index (κ2) is 7.98. The average Bonchev–Trinajstić information content (AvgIpc) is 2.45. The molecule has 0 bridgehead atoms. The molecule has 2 atom stereocenters. The van der Waals surface area contributed by atoms with E-state index in [2.05, 4.69) is 10.3 Å². The summed E-state index contributed by atoms with van der Waals surface area (Å²) in [6.45, 7) is 3.59. The van der Waals surface area contributed by atoms with Crippen LogP contribution in [-0.4, -0.2) is 35.4 Å². The maximum atomic E-state index is 12.0. The molecule has 0 fully saturated rings. The number of ether oxygens (including phenoxy) is 1. The number of rotatable bonds is 7. The van der Waals surface area contributed by atoms with Crippen LogP contribution < -0.4 is 11.1 Å². The van der Waals surface area contributed by atoms with E-state index in [4.69, 9.17) is 10.5 Å². The maximum Gasteiger partial charge on any atom is 0.306 e. The third-order valence-corrected chi connectivity index (χ3v) is 2.85. The van der Waals surface area contributed by atoms with Gasteiger partial charge in [-0.3, -0.25) is 19.4 Å². The summed E-state index contributed by atoms with van der Waals surface area (Å²) >= 11 is 0. The predicted molar refractivity (Wildman–Crippen MR) is 75.1 cm³/mol. The van der Waals surface area contributed by atoms with Crippen LogP contribution in [0.25, 0.3) is 0 Å². The lowest BCUT2D eigenvalue weighted by Crippen LogP contribution is -2.49. The number of carbonyl (C=O) groups is 3. The van der Waals surface area contributed by atoms with E-state index >= 15 is 0 Å². The molecule has 0 spiro atoms. The summed E-state index contributed by atoms with van der Waals surface area (Å²) in [6, 6.07) is 3.88. The van der Waals surface area contributed by atoms with E-state index in [1.54, 1.807) is 26.0 Å². The van der Waals surface area contributed by atoms with Gasteiger partial charge in [-0.05, 0) is 25.0 Å². The lowest BCUT2D eigenvalue weighted by Gasteiger charge is -2.21. The van der Waals surface area contributed by atoms with Gasteiger partial charge in [-0.25, -0.2) is 0 Å². The zero-order valence-electron chi connectivity index (χ0n) is 12.0. The summed E-state index contributed by atoms with van der Waals surface area (Å²) in [6.07, 6.45) is 1.46. The van der Waals surface area contributed by atoms with E-state index in [1.807, 2.05) is 0 Å². The van der Waals surface area contributed by atoms with Crippen molar-refractivity contribution in [1.82, 2.24) is 10.3 Å². The number of hydrogen-bond acceptors (Lipinski definition) is 5. The zero-order valence-corrected chi connectivity index (χ0v) is 12.0. The number of amides is 2. The minimum absolute atomic E-state index is 0.00998. The van der Waals surface area contributed by atoms with Crippen LogP contribution in [0.1, 0.15) is 30.8 Å². The molecular weight excluding hydrogens is 274 g/mol. The minimum atomic E-state index is -0.969. The lowest BCUT2D eigenvalue weighted by molar-refractivity contribution is -0.144. The number of nitrogens with zero attached hydrogens (tertiary/aromatic N) is 1. The van der Waals surface area contributed by atoms with Crippen molar-refractivity contribution in [3.8, 4) is 0 Å². The smallest absolute Gasteiger partial charge is 0.306 e. The van der Waals surface area contributed by atoms with Gasteiger partial charge in [0.15, 0.2) is 0 Å². The van der Waals surface area contributed by atoms with E-state index in [1.165, 1.54) is 12.3 Å². The molecule has 7 nitrogen and oxygen atoms in total. The summed E-state index contributed by atoms with van der Waals surface area (Å²) < 4.78 is 4.82. The Bertz CT molecular complexity index is 504. The van der Waals surface area contributed by atoms with Crippen LogP contribution >= 0.6 is 0 Å². The Kier molecular flexibility index (Phi) is 6.32. The van der Waals surface area contributed by atoms with Gasteiger partial charge in [0.2, 0.25) is 5.91 Å². The highest BCUT2D eigenvalue weighted by Gasteiger charge is 2.27. The zero-order chi connectivity index (χ0) is 15.8. The Labute approximate surface area is 122 Å². The number of hydrogen-bond donors (Lipinski definition) is 2. The molecule has 0 aliphatic carbocycles. The summed E-state index contributed by atoms with van der Waals surface area (Å²) in [5.74, 6) is -2.15. The molecule has 114 valence electrons. The normalized spacial score (nSPS) is 13.0. The number of pyridine rings is 1. The Morgan fingerprint density at radius 3 is 2.62 bits per heavy atom. The van der Waals surface area contributed by atoms with Gasteiger partial charge in [0.25, 0.3) is 5.91 Å². The minimum Gasteiger partial charge on any atom is -0.466 e. The summed E-state index contributed by atoms with van der Waals surface area (Å²) in [5.41, 5.74) is 5.46. The Hall–Kier alpha value is -2.44. The Morgan fingerprint density at radius 1 is 1.38 bits per heavy atom. The van der Waals surface area contributed by atoms with Crippen LogP contribution in [0, 0.1) is 5.92 Å². The molecule has 0 aromatic carbocycles. The van der Waals surface area contributed by atoms with E-state index in [0.29, 0.717) is 0 Å². The first kappa shape index (κ1) is 16.6. The molecule has 1 aromatic rings. The Balaban J connectivity index is 2.71. The Morgan fingerprint density at radius 2 is 2.10 bits per heavy atom. The SMILES string of the molecule is CCOC(=O)C[C@H](C)[C@@H](NC(=O)c1ccccn1)C(N)=O. The van der Waals surface area contributed by atoms with Gasteiger partial charge in [0, 0.05) is 6.20 Å². The fourth-order valence-corrected chi connectivity index (χ4v) is 1.81. The molecule has 2 amide bonds. The third-order valence-electron chi connectivity index (χ3n) is 2.85. The van der Waals surface area contributed by atoms with Gasteiger partial charge >= 0.3 is 5.97 Å². The van der Waals surface area contributed by atoms with Crippen molar-refractivity contribution in [2.45, 2.75) is 26.3 Å². The van der Waals surface area contributed by atoms with Crippen LogP contribution in [0.2, 0.25) is 0 Å². The number of primary amides is 1. The number of esters is 1. The number of carbonyl (C=O) groups excluding carboxylic acids is 3. The van der Waals surface area contributed by atoms with E-state index in [-0.39, 0.29) is 18.7 Å². The van der Waals surface area contributed by atoms with Crippen molar-refractivity contribution >= 4 is 17.8 Å². The van der Waals surface area contributed by atoms with Crippen LogP contribution in [0.4, 0.5) is 0 Å². The molecule has 1 aromatic heterocycles. The van der Waals surface area contributed by atoms with Gasteiger partial charge in [-0.2, -0.15) is 0 Å². The maximum absolute atomic E-state index is 12.0. The fraction of sp³-hybridized carbons (Fsp3) is 0.429. The van der Waals surface area contributed by atoms with E-state index in [9.17, 15) is 14.4 Å². The van der Waals surface area contributed by atoms with Crippen molar-refractivity contribution in [1.29, 1.82) is 0 Å².